The molecule has 0 saturated heterocycles. The van der Waals surface area contributed by atoms with Crippen molar-refractivity contribution in [3.63, 3.8) is 0 Å². The fourth-order valence-corrected chi connectivity index (χ4v) is 5.13. The number of aliphatic hydroxyl groups excluding tert-OH is 2. The van der Waals surface area contributed by atoms with Crippen LogP contribution in [-0.4, -0.2) is 44.0 Å². The Morgan fingerprint density at radius 3 is 2.18 bits per heavy atom. The van der Waals surface area contributed by atoms with Gasteiger partial charge in [-0.2, -0.15) is 5.26 Å². The van der Waals surface area contributed by atoms with E-state index in [4.69, 9.17) is 10.4 Å². The lowest BCUT2D eigenvalue weighted by molar-refractivity contribution is -0.139. The van der Waals surface area contributed by atoms with Crippen molar-refractivity contribution in [2.45, 2.75) is 51.5 Å². The molecule has 1 aromatic heterocycles. The van der Waals surface area contributed by atoms with Gasteiger partial charge in [-0.1, -0.05) is 60.7 Å². The standard InChI is InChI=1S/C35H34FN3O5/c1-22(2)39-30(17-16-28(40)18-29(41)19-31(42)43)32(26-12-14-27(36)15-13-26)33(25-6-4-3-5-7-25)34(39)35(44)38-21-24-10-8-23(20-37)9-11-24/h3-17,22,28-29,40-41H,18-19,21H2,1-2H3,(H,38,44)(H,42,43)/b17-16+/t28-,29-/m1/s1. The van der Waals surface area contributed by atoms with E-state index in [9.17, 15) is 24.2 Å². The molecule has 0 fully saturated rings. The van der Waals surface area contributed by atoms with Gasteiger partial charge in [-0.15, -0.1) is 0 Å². The van der Waals surface area contributed by atoms with Crippen LogP contribution >= 0.6 is 0 Å². The van der Waals surface area contributed by atoms with Crippen LogP contribution in [0, 0.1) is 17.1 Å². The number of carbonyl (C=O) groups excluding carboxylic acids is 1. The van der Waals surface area contributed by atoms with Crippen molar-refractivity contribution in [2.24, 2.45) is 0 Å². The zero-order valence-electron chi connectivity index (χ0n) is 24.4. The Morgan fingerprint density at radius 2 is 1.59 bits per heavy atom. The number of aromatic nitrogens is 1. The first-order valence-electron chi connectivity index (χ1n) is 14.2. The first-order valence-corrected chi connectivity index (χ1v) is 14.2. The summed E-state index contributed by atoms with van der Waals surface area (Å²) in [7, 11) is 0. The van der Waals surface area contributed by atoms with Crippen molar-refractivity contribution in [1.82, 2.24) is 9.88 Å². The van der Waals surface area contributed by atoms with Crippen molar-refractivity contribution >= 4 is 18.0 Å². The number of halogens is 1. The summed E-state index contributed by atoms with van der Waals surface area (Å²) >= 11 is 0. The topological polar surface area (TPSA) is 136 Å². The van der Waals surface area contributed by atoms with Crippen LogP contribution in [0.15, 0.2) is 84.9 Å². The number of carboxylic acid groups (broad SMARTS) is 1. The molecule has 0 radical (unpaired) electrons. The fraction of sp³-hybridized carbons (Fsp3) is 0.229. The Balaban J connectivity index is 1.89. The van der Waals surface area contributed by atoms with Crippen LogP contribution in [0.3, 0.4) is 0 Å². The van der Waals surface area contributed by atoms with E-state index in [1.165, 1.54) is 18.2 Å². The molecule has 0 unspecified atom stereocenters. The number of hydrogen-bond acceptors (Lipinski definition) is 5. The van der Waals surface area contributed by atoms with Crippen LogP contribution in [0.5, 0.6) is 0 Å². The van der Waals surface area contributed by atoms with Gasteiger partial charge >= 0.3 is 5.97 Å². The monoisotopic (exact) mass is 595 g/mol. The predicted molar refractivity (Wildman–Crippen MR) is 166 cm³/mol. The molecular formula is C35H34FN3O5. The van der Waals surface area contributed by atoms with Crippen molar-refractivity contribution in [1.29, 1.82) is 5.26 Å². The van der Waals surface area contributed by atoms with Crippen LogP contribution in [0.25, 0.3) is 28.3 Å². The number of carbonyl (C=O) groups is 2. The number of hydrogen-bond donors (Lipinski definition) is 4. The Hall–Kier alpha value is -5.04. The molecule has 2 atom stereocenters. The molecule has 0 aliphatic heterocycles. The first-order chi connectivity index (χ1) is 21.1. The van der Waals surface area contributed by atoms with Gasteiger partial charge in [0.05, 0.1) is 30.3 Å². The van der Waals surface area contributed by atoms with E-state index in [2.05, 4.69) is 11.4 Å². The molecule has 1 heterocycles. The zero-order valence-corrected chi connectivity index (χ0v) is 24.4. The molecule has 44 heavy (non-hydrogen) atoms. The van der Waals surface area contributed by atoms with E-state index < -0.39 is 30.4 Å². The molecule has 226 valence electrons. The predicted octanol–water partition coefficient (Wildman–Crippen LogP) is 5.94. The van der Waals surface area contributed by atoms with Gasteiger partial charge in [-0.05, 0) is 60.9 Å². The summed E-state index contributed by atoms with van der Waals surface area (Å²) in [6, 6.07) is 24.0. The largest absolute Gasteiger partial charge is 0.481 e. The summed E-state index contributed by atoms with van der Waals surface area (Å²) in [6.07, 6.45) is -0.00452. The normalized spacial score (nSPS) is 12.7. The number of carboxylic acids is 1. The Labute approximate surface area is 255 Å². The van der Waals surface area contributed by atoms with Crippen LogP contribution < -0.4 is 5.32 Å². The number of nitrogens with zero attached hydrogens (tertiary/aromatic N) is 2. The van der Waals surface area contributed by atoms with Crippen LogP contribution in [-0.2, 0) is 11.3 Å². The SMILES string of the molecule is CC(C)n1c(/C=C/[C@@H](O)C[C@@H](O)CC(=O)O)c(-c2ccc(F)cc2)c(-c2ccccc2)c1C(=O)NCc1ccc(C#N)cc1. The third kappa shape index (κ3) is 7.67. The summed E-state index contributed by atoms with van der Waals surface area (Å²) in [6.45, 7) is 4.05. The molecule has 8 nitrogen and oxygen atoms in total. The molecule has 0 saturated carbocycles. The van der Waals surface area contributed by atoms with Gasteiger partial charge < -0.3 is 25.2 Å². The second kappa shape index (κ2) is 14.4. The van der Waals surface area contributed by atoms with E-state index in [1.54, 1.807) is 42.5 Å². The third-order valence-electron chi connectivity index (χ3n) is 7.11. The molecule has 0 bridgehead atoms. The number of nitrogens with one attached hydrogen (secondary N) is 1. The fourth-order valence-electron chi connectivity index (χ4n) is 5.13. The maximum atomic E-state index is 14.1. The second-order valence-corrected chi connectivity index (χ2v) is 10.7. The number of nitriles is 1. The lowest BCUT2D eigenvalue weighted by atomic mass is 9.94. The second-order valence-electron chi connectivity index (χ2n) is 10.7. The van der Waals surface area contributed by atoms with E-state index in [1.807, 2.05) is 48.7 Å². The van der Waals surface area contributed by atoms with Gasteiger partial charge in [-0.25, -0.2) is 4.39 Å². The van der Waals surface area contributed by atoms with Gasteiger partial charge in [0, 0.05) is 35.8 Å². The van der Waals surface area contributed by atoms with E-state index in [0.29, 0.717) is 33.6 Å². The molecule has 9 heteroatoms. The van der Waals surface area contributed by atoms with Crippen LogP contribution in [0.4, 0.5) is 4.39 Å². The zero-order chi connectivity index (χ0) is 31.8. The minimum Gasteiger partial charge on any atom is -0.481 e. The van der Waals surface area contributed by atoms with Crippen molar-refractivity contribution in [3.05, 3.63) is 113 Å². The maximum Gasteiger partial charge on any atom is 0.305 e. The van der Waals surface area contributed by atoms with E-state index in [0.717, 1.165) is 11.1 Å². The number of rotatable bonds is 12. The highest BCUT2D eigenvalue weighted by Crippen LogP contribution is 2.42. The Kier molecular flexibility index (Phi) is 10.5. The highest BCUT2D eigenvalue weighted by molar-refractivity contribution is 6.06. The summed E-state index contributed by atoms with van der Waals surface area (Å²) in [5.41, 5.74) is 4.90. The number of amides is 1. The molecular weight excluding hydrogens is 561 g/mol. The average Bonchev–Trinajstić information content (AvgIpc) is 3.35. The molecule has 4 N–H and O–H groups in total. The minimum absolute atomic E-state index is 0.194. The van der Waals surface area contributed by atoms with Gasteiger partial charge in [0.2, 0.25) is 0 Å². The molecule has 4 rings (SSSR count). The molecule has 3 aromatic carbocycles. The first kappa shape index (κ1) is 31.9. The quantitative estimate of drug-likeness (QED) is 0.160. The van der Waals surface area contributed by atoms with Crippen LogP contribution in [0.2, 0.25) is 0 Å². The summed E-state index contributed by atoms with van der Waals surface area (Å²) in [4.78, 5) is 25.1. The Bertz CT molecular complexity index is 1670. The maximum absolute atomic E-state index is 14.1. The highest BCUT2D eigenvalue weighted by Gasteiger charge is 2.29. The highest BCUT2D eigenvalue weighted by atomic mass is 19.1. The van der Waals surface area contributed by atoms with E-state index in [-0.39, 0.29) is 24.9 Å². The molecule has 4 aromatic rings. The van der Waals surface area contributed by atoms with Crippen molar-refractivity contribution in [2.75, 3.05) is 0 Å². The lowest BCUT2D eigenvalue weighted by Gasteiger charge is -2.17. The average molecular weight is 596 g/mol. The van der Waals surface area contributed by atoms with Gasteiger partial charge in [-0.3, -0.25) is 9.59 Å². The van der Waals surface area contributed by atoms with E-state index >= 15 is 0 Å². The lowest BCUT2D eigenvalue weighted by Crippen LogP contribution is -2.27. The number of aliphatic hydroxyl groups is 2. The summed E-state index contributed by atoms with van der Waals surface area (Å²) < 4.78 is 15.9. The van der Waals surface area contributed by atoms with Gasteiger partial charge in [0.25, 0.3) is 5.91 Å². The number of benzene rings is 3. The number of aliphatic carboxylic acids is 1. The minimum atomic E-state index is -1.25. The Morgan fingerprint density at radius 1 is 0.955 bits per heavy atom. The molecule has 0 aliphatic carbocycles. The summed E-state index contributed by atoms with van der Waals surface area (Å²) in [5, 5.41) is 41.8. The van der Waals surface area contributed by atoms with Crippen molar-refractivity contribution < 1.29 is 29.3 Å². The molecule has 1 amide bonds. The van der Waals surface area contributed by atoms with Crippen LogP contribution in [0.1, 0.15) is 60.0 Å². The molecule has 0 spiro atoms. The third-order valence-corrected chi connectivity index (χ3v) is 7.11. The smallest absolute Gasteiger partial charge is 0.305 e. The van der Waals surface area contributed by atoms with Gasteiger partial charge in [0.15, 0.2) is 0 Å². The van der Waals surface area contributed by atoms with Crippen molar-refractivity contribution in [3.8, 4) is 28.3 Å². The summed E-state index contributed by atoms with van der Waals surface area (Å²) in [5.74, 6) is -1.95. The molecule has 0 aliphatic rings. The van der Waals surface area contributed by atoms with Gasteiger partial charge in [0.1, 0.15) is 11.5 Å².